The van der Waals surface area contributed by atoms with E-state index in [-0.39, 0.29) is 11.8 Å². The third kappa shape index (κ3) is 3.92. The van der Waals surface area contributed by atoms with Crippen molar-refractivity contribution in [1.82, 2.24) is 4.90 Å². The molecule has 0 radical (unpaired) electrons. The Kier molecular flexibility index (Phi) is 5.52. The van der Waals surface area contributed by atoms with Gasteiger partial charge in [0, 0.05) is 19.6 Å². The molecule has 2 rings (SSSR count). The zero-order valence-corrected chi connectivity index (χ0v) is 12.4. The van der Waals surface area contributed by atoms with Crippen molar-refractivity contribution in [3.05, 3.63) is 71.8 Å². The van der Waals surface area contributed by atoms with Gasteiger partial charge in [-0.1, -0.05) is 60.7 Å². The summed E-state index contributed by atoms with van der Waals surface area (Å²) in [5.74, 6) is -0.176. The van der Waals surface area contributed by atoms with E-state index >= 15 is 0 Å². The molecule has 0 spiro atoms. The maximum Gasteiger partial charge on any atom is 0.231 e. The van der Waals surface area contributed by atoms with E-state index in [2.05, 4.69) is 0 Å². The molecule has 0 aliphatic heterocycles. The van der Waals surface area contributed by atoms with Crippen molar-refractivity contribution >= 4 is 5.91 Å². The number of carbonyl (C=O) groups excluding carboxylic acids is 1. The van der Waals surface area contributed by atoms with Crippen molar-refractivity contribution in [3.8, 4) is 0 Å². The summed E-state index contributed by atoms with van der Waals surface area (Å²) in [5, 5.41) is 0. The van der Waals surface area contributed by atoms with Crippen LogP contribution in [0.25, 0.3) is 0 Å². The fourth-order valence-corrected chi connectivity index (χ4v) is 2.43. The van der Waals surface area contributed by atoms with Crippen molar-refractivity contribution in [2.45, 2.75) is 19.4 Å². The molecule has 0 fully saturated rings. The monoisotopic (exact) mass is 282 g/mol. The molecule has 3 nitrogen and oxygen atoms in total. The van der Waals surface area contributed by atoms with Crippen LogP contribution in [0.2, 0.25) is 0 Å². The Bertz CT molecular complexity index is 554. The number of hydrogen-bond acceptors (Lipinski definition) is 2. The van der Waals surface area contributed by atoms with Crippen molar-refractivity contribution in [2.75, 3.05) is 13.1 Å². The summed E-state index contributed by atoms with van der Waals surface area (Å²) in [5.41, 5.74) is 7.96. The van der Waals surface area contributed by atoms with Crippen LogP contribution >= 0.6 is 0 Å². The molecular formula is C18H22N2O. The average Bonchev–Trinajstić information content (AvgIpc) is 2.55. The lowest BCUT2D eigenvalue weighted by molar-refractivity contribution is -0.133. The summed E-state index contributed by atoms with van der Waals surface area (Å²) >= 11 is 0. The van der Waals surface area contributed by atoms with Crippen LogP contribution in [0.5, 0.6) is 0 Å². The molecule has 1 atom stereocenters. The quantitative estimate of drug-likeness (QED) is 0.885. The first-order chi connectivity index (χ1) is 10.3. The van der Waals surface area contributed by atoms with Gasteiger partial charge in [-0.3, -0.25) is 4.79 Å². The Hall–Kier alpha value is -2.13. The molecule has 2 aromatic rings. The van der Waals surface area contributed by atoms with E-state index in [1.165, 1.54) is 0 Å². The molecule has 110 valence electrons. The molecule has 0 saturated heterocycles. The SMILES string of the molecule is CCN(Cc1ccccc1)C(=O)C(CN)c1ccccc1. The van der Waals surface area contributed by atoms with Crippen molar-refractivity contribution in [1.29, 1.82) is 0 Å². The molecular weight excluding hydrogens is 260 g/mol. The largest absolute Gasteiger partial charge is 0.338 e. The van der Waals surface area contributed by atoms with Crippen molar-refractivity contribution < 1.29 is 4.79 Å². The summed E-state index contributed by atoms with van der Waals surface area (Å²) in [7, 11) is 0. The fraction of sp³-hybridized carbons (Fsp3) is 0.278. The topological polar surface area (TPSA) is 46.3 Å². The van der Waals surface area contributed by atoms with Crippen LogP contribution in [0.4, 0.5) is 0 Å². The standard InChI is InChI=1S/C18H22N2O/c1-2-20(14-15-9-5-3-6-10-15)18(21)17(13-19)16-11-7-4-8-12-16/h3-12,17H,2,13-14,19H2,1H3. The lowest BCUT2D eigenvalue weighted by atomic mass is 9.97. The Morgan fingerprint density at radius 2 is 1.62 bits per heavy atom. The molecule has 2 aromatic carbocycles. The van der Waals surface area contributed by atoms with Crippen LogP contribution in [0, 0.1) is 0 Å². The molecule has 0 aliphatic carbocycles. The molecule has 1 amide bonds. The normalized spacial score (nSPS) is 11.9. The molecule has 3 heteroatoms. The highest BCUT2D eigenvalue weighted by Gasteiger charge is 2.23. The third-order valence-electron chi connectivity index (χ3n) is 3.65. The highest BCUT2D eigenvalue weighted by molar-refractivity contribution is 5.84. The Morgan fingerprint density at radius 3 is 2.14 bits per heavy atom. The second-order valence-electron chi connectivity index (χ2n) is 5.04. The van der Waals surface area contributed by atoms with Gasteiger partial charge in [0.25, 0.3) is 0 Å². The lowest BCUT2D eigenvalue weighted by Crippen LogP contribution is -2.37. The summed E-state index contributed by atoms with van der Waals surface area (Å²) in [6.07, 6.45) is 0. The van der Waals surface area contributed by atoms with Gasteiger partial charge in [-0.05, 0) is 18.1 Å². The van der Waals surface area contributed by atoms with Crippen LogP contribution in [0.15, 0.2) is 60.7 Å². The zero-order valence-electron chi connectivity index (χ0n) is 12.4. The van der Waals surface area contributed by atoms with E-state index < -0.39 is 0 Å². The number of hydrogen-bond donors (Lipinski definition) is 1. The maximum absolute atomic E-state index is 12.8. The van der Waals surface area contributed by atoms with Crippen molar-refractivity contribution in [3.63, 3.8) is 0 Å². The molecule has 21 heavy (non-hydrogen) atoms. The smallest absolute Gasteiger partial charge is 0.231 e. The van der Waals surface area contributed by atoms with Crippen LogP contribution < -0.4 is 5.73 Å². The Morgan fingerprint density at radius 1 is 1.05 bits per heavy atom. The minimum Gasteiger partial charge on any atom is -0.338 e. The van der Waals surface area contributed by atoms with E-state index in [4.69, 9.17) is 5.73 Å². The first-order valence-electron chi connectivity index (χ1n) is 7.34. The molecule has 0 aliphatic rings. The number of benzene rings is 2. The van der Waals surface area contributed by atoms with Gasteiger partial charge in [0.1, 0.15) is 0 Å². The second kappa shape index (κ2) is 7.60. The van der Waals surface area contributed by atoms with Gasteiger partial charge >= 0.3 is 0 Å². The van der Waals surface area contributed by atoms with Crippen LogP contribution in [0.1, 0.15) is 24.0 Å². The van der Waals surface area contributed by atoms with Gasteiger partial charge < -0.3 is 10.6 Å². The number of rotatable bonds is 6. The average molecular weight is 282 g/mol. The molecule has 0 bridgehead atoms. The number of nitrogens with two attached hydrogens (primary N) is 1. The van der Waals surface area contributed by atoms with Crippen LogP contribution in [-0.4, -0.2) is 23.9 Å². The predicted molar refractivity (Wildman–Crippen MR) is 85.8 cm³/mol. The zero-order chi connectivity index (χ0) is 15.1. The number of carbonyl (C=O) groups is 1. The summed E-state index contributed by atoms with van der Waals surface area (Å²) in [6.45, 7) is 3.63. The van der Waals surface area contributed by atoms with E-state index in [0.29, 0.717) is 19.6 Å². The summed E-state index contributed by atoms with van der Waals surface area (Å²) < 4.78 is 0. The van der Waals surface area contributed by atoms with Gasteiger partial charge in [-0.25, -0.2) is 0 Å². The molecule has 0 aromatic heterocycles. The van der Waals surface area contributed by atoms with Crippen molar-refractivity contribution in [2.24, 2.45) is 5.73 Å². The van der Waals surface area contributed by atoms with Gasteiger partial charge in [0.2, 0.25) is 5.91 Å². The molecule has 0 saturated carbocycles. The van der Waals surface area contributed by atoms with E-state index in [1.807, 2.05) is 72.5 Å². The molecule has 1 unspecified atom stereocenters. The Balaban J connectivity index is 2.15. The molecule has 2 N–H and O–H groups in total. The number of likely N-dealkylation sites (N-methyl/N-ethyl adjacent to an activating group) is 1. The van der Waals surface area contributed by atoms with Gasteiger partial charge in [-0.15, -0.1) is 0 Å². The minimum atomic E-state index is -0.269. The second-order valence-corrected chi connectivity index (χ2v) is 5.04. The first kappa shape index (κ1) is 15.3. The summed E-state index contributed by atoms with van der Waals surface area (Å²) in [4.78, 5) is 14.6. The lowest BCUT2D eigenvalue weighted by Gasteiger charge is -2.26. The van der Waals surface area contributed by atoms with E-state index in [0.717, 1.165) is 11.1 Å². The predicted octanol–water partition coefficient (Wildman–Crippen LogP) is 2.78. The Labute approximate surface area is 126 Å². The van der Waals surface area contributed by atoms with Gasteiger partial charge in [-0.2, -0.15) is 0 Å². The summed E-state index contributed by atoms with van der Waals surface area (Å²) in [6, 6.07) is 19.8. The molecule has 0 heterocycles. The van der Waals surface area contributed by atoms with Crippen LogP contribution in [0.3, 0.4) is 0 Å². The van der Waals surface area contributed by atoms with E-state index in [1.54, 1.807) is 0 Å². The first-order valence-corrected chi connectivity index (χ1v) is 7.34. The van der Waals surface area contributed by atoms with Gasteiger partial charge in [0.15, 0.2) is 0 Å². The third-order valence-corrected chi connectivity index (χ3v) is 3.65. The maximum atomic E-state index is 12.8. The van der Waals surface area contributed by atoms with Gasteiger partial charge in [0.05, 0.1) is 5.92 Å². The minimum absolute atomic E-state index is 0.0926. The highest BCUT2D eigenvalue weighted by atomic mass is 16.2. The van der Waals surface area contributed by atoms with Crippen LogP contribution in [-0.2, 0) is 11.3 Å². The highest BCUT2D eigenvalue weighted by Crippen LogP contribution is 2.18. The fourth-order valence-electron chi connectivity index (χ4n) is 2.43. The van der Waals surface area contributed by atoms with E-state index in [9.17, 15) is 4.79 Å². The number of nitrogens with zero attached hydrogens (tertiary/aromatic N) is 1. The number of amides is 1.